The van der Waals surface area contributed by atoms with E-state index in [2.05, 4.69) is 19.4 Å². The van der Waals surface area contributed by atoms with Crippen LogP contribution in [-0.4, -0.2) is 47.4 Å². The van der Waals surface area contributed by atoms with Gasteiger partial charge in [0.2, 0.25) is 0 Å². The minimum absolute atomic E-state index is 0. The van der Waals surface area contributed by atoms with Crippen LogP contribution >= 0.6 is 0 Å². The van der Waals surface area contributed by atoms with Gasteiger partial charge in [-0.15, -0.1) is 0 Å². The number of carbonyl (C=O) groups is 4. The topological polar surface area (TPSA) is 112 Å². The van der Waals surface area contributed by atoms with Crippen molar-refractivity contribution in [1.29, 1.82) is 0 Å². The van der Waals surface area contributed by atoms with Crippen molar-refractivity contribution in [2.75, 3.05) is 13.1 Å². The summed E-state index contributed by atoms with van der Waals surface area (Å²) in [4.78, 5) is 61.4. The predicted octanol–water partition coefficient (Wildman–Crippen LogP) is -3.38. The number of nitrogens with zero attached hydrogens (tertiary/aromatic N) is 2. The van der Waals surface area contributed by atoms with Gasteiger partial charge in [-0.05, 0) is 0 Å². The fraction of sp³-hybridized carbons (Fsp3) is 0.600. The third kappa shape index (κ3) is 15.7. The maximum Gasteiger partial charge on any atom is 1.00 e. The van der Waals surface area contributed by atoms with Crippen molar-refractivity contribution in [3.63, 3.8) is 0 Å². The van der Waals surface area contributed by atoms with Crippen LogP contribution in [0, 0.1) is 0 Å². The fourth-order valence-electron chi connectivity index (χ4n) is 0.957. The van der Waals surface area contributed by atoms with E-state index in [1.165, 1.54) is 0 Å². The smallest absolute Gasteiger partial charge is 1.00 e. The van der Waals surface area contributed by atoms with E-state index in [0.717, 1.165) is 27.7 Å². The van der Waals surface area contributed by atoms with E-state index >= 15 is 0 Å². The molecule has 0 radical (unpaired) electrons. The van der Waals surface area contributed by atoms with E-state index in [4.69, 9.17) is 0 Å². The van der Waals surface area contributed by atoms with E-state index in [-0.39, 0.29) is 61.1 Å². The van der Waals surface area contributed by atoms with E-state index in [0.29, 0.717) is 10.5 Å². The zero-order valence-corrected chi connectivity index (χ0v) is 16.0. The molecule has 0 bridgehead atoms. The zero-order valence-electron chi connectivity index (χ0n) is 13.9. The molecular formula is C10H17FeN2NaO8. The van der Waals surface area contributed by atoms with Crippen molar-refractivity contribution in [2.45, 2.75) is 27.7 Å². The van der Waals surface area contributed by atoms with Crippen LogP contribution in [0.15, 0.2) is 0 Å². The van der Waals surface area contributed by atoms with Crippen molar-refractivity contribution < 1.29 is 86.6 Å². The van der Waals surface area contributed by atoms with Gasteiger partial charge in [0.05, 0.1) is 13.1 Å². The molecule has 0 aliphatic rings. The molecule has 0 aliphatic carbocycles. The second-order valence-electron chi connectivity index (χ2n) is 3.44. The Hall–Kier alpha value is -0.681. The summed E-state index contributed by atoms with van der Waals surface area (Å²) in [5.74, 6) is -2.90. The Bertz CT molecular complexity index is 333. The van der Waals surface area contributed by atoms with Gasteiger partial charge in [0, 0.05) is 55.2 Å². The number of hydroxylamine groups is 4. The first-order chi connectivity index (χ1) is 9.20. The van der Waals surface area contributed by atoms with Gasteiger partial charge < -0.3 is 20.8 Å². The normalized spacial score (nSPS) is 9.18. The van der Waals surface area contributed by atoms with Crippen molar-refractivity contribution in [3.05, 3.63) is 0 Å². The molecule has 0 saturated heterocycles. The average molecular weight is 372 g/mol. The van der Waals surface area contributed by atoms with Gasteiger partial charge in [-0.1, -0.05) is 0 Å². The number of rotatable bonds is 7. The molecule has 0 amide bonds. The van der Waals surface area contributed by atoms with Gasteiger partial charge in [-0.3, -0.25) is 19.2 Å². The van der Waals surface area contributed by atoms with Crippen molar-refractivity contribution in [2.24, 2.45) is 0 Å². The molecule has 22 heavy (non-hydrogen) atoms. The first-order valence-electron chi connectivity index (χ1n) is 5.50. The van der Waals surface area contributed by atoms with Crippen LogP contribution in [0.4, 0.5) is 0 Å². The molecule has 0 unspecified atom stereocenters. The number of carbonyl (C=O) groups excluding carboxylic acids is 4. The second kappa shape index (κ2) is 13.9. The molecule has 124 valence electrons. The van der Waals surface area contributed by atoms with Crippen LogP contribution in [0.25, 0.3) is 0 Å². The minimum atomic E-state index is -0.724. The van der Waals surface area contributed by atoms with Gasteiger partial charge in [0.25, 0.3) is 0 Å². The molecule has 0 saturated carbocycles. The van der Waals surface area contributed by atoms with Crippen LogP contribution in [0.2, 0.25) is 0 Å². The molecular weight excluding hydrogens is 355 g/mol. The van der Waals surface area contributed by atoms with Crippen LogP contribution in [-0.2, 0) is 55.6 Å². The predicted molar refractivity (Wildman–Crippen MR) is 61.6 cm³/mol. The largest absolute Gasteiger partial charge is 1.00 e. The molecule has 0 rings (SSSR count). The molecule has 0 aromatic heterocycles. The summed E-state index contributed by atoms with van der Waals surface area (Å²) in [6.07, 6.45) is 0. The summed E-state index contributed by atoms with van der Waals surface area (Å²) in [6, 6.07) is 0. The SMILES string of the molecule is CC(=O)ON(CCN(OC(C)=O)OC(C)=O)OC(C)=O.[Fe].[H-].[Na+]. The third-order valence-corrected chi connectivity index (χ3v) is 1.39. The molecule has 0 atom stereocenters. The van der Waals surface area contributed by atoms with Gasteiger partial charge in [-0.25, -0.2) is 0 Å². The maximum absolute atomic E-state index is 10.8. The van der Waals surface area contributed by atoms with Gasteiger partial charge >= 0.3 is 53.4 Å². The summed E-state index contributed by atoms with van der Waals surface area (Å²) >= 11 is 0. The quantitative estimate of drug-likeness (QED) is 0.331. The number of hydrogen-bond donors (Lipinski definition) is 0. The molecule has 0 heterocycles. The molecule has 0 aliphatic heterocycles. The van der Waals surface area contributed by atoms with Crippen molar-refractivity contribution in [1.82, 2.24) is 10.5 Å². The summed E-state index contributed by atoms with van der Waals surface area (Å²) in [7, 11) is 0. The summed E-state index contributed by atoms with van der Waals surface area (Å²) in [5.41, 5.74) is 0. The number of hydrogen-bond acceptors (Lipinski definition) is 10. The monoisotopic (exact) mass is 372 g/mol. The van der Waals surface area contributed by atoms with Gasteiger partial charge in [0.1, 0.15) is 0 Å². The van der Waals surface area contributed by atoms with E-state index < -0.39 is 23.9 Å². The van der Waals surface area contributed by atoms with Crippen molar-refractivity contribution in [3.8, 4) is 0 Å². The zero-order chi connectivity index (χ0) is 15.7. The summed E-state index contributed by atoms with van der Waals surface area (Å²) in [6.45, 7) is 3.97. The molecule has 0 aromatic rings. The van der Waals surface area contributed by atoms with Crippen LogP contribution in [0.5, 0.6) is 0 Å². The van der Waals surface area contributed by atoms with Crippen molar-refractivity contribution >= 4 is 23.9 Å². The standard InChI is InChI=1S/C10H16N2O8.Fe.Na.H/c1-7(13)17-11(18-8(2)14)5-6-12(19-9(3)15)20-10(4)16;;;/h5-6H2,1-4H3;;;/q;;+1;-1. The Morgan fingerprint density at radius 2 is 0.864 bits per heavy atom. The summed E-state index contributed by atoms with van der Waals surface area (Å²) < 4.78 is 0. The minimum Gasteiger partial charge on any atom is -1.00 e. The Morgan fingerprint density at radius 3 is 1.00 bits per heavy atom. The van der Waals surface area contributed by atoms with Gasteiger partial charge in [0.15, 0.2) is 0 Å². The van der Waals surface area contributed by atoms with Crippen LogP contribution in [0.3, 0.4) is 0 Å². The second-order valence-corrected chi connectivity index (χ2v) is 3.44. The first-order valence-corrected chi connectivity index (χ1v) is 5.50. The van der Waals surface area contributed by atoms with E-state index in [1.54, 1.807) is 0 Å². The Kier molecular flexibility index (Phi) is 16.6. The van der Waals surface area contributed by atoms with E-state index in [1.807, 2.05) is 0 Å². The Balaban J connectivity index is -0.000000602. The molecule has 12 heteroatoms. The molecule has 10 nitrogen and oxygen atoms in total. The Morgan fingerprint density at radius 1 is 0.682 bits per heavy atom. The molecule has 0 spiro atoms. The van der Waals surface area contributed by atoms with Crippen LogP contribution in [0.1, 0.15) is 29.1 Å². The van der Waals surface area contributed by atoms with Gasteiger partial charge in [-0.2, -0.15) is 0 Å². The maximum atomic E-state index is 10.8. The fourth-order valence-corrected chi connectivity index (χ4v) is 0.957. The van der Waals surface area contributed by atoms with E-state index in [9.17, 15) is 19.2 Å². The Labute approximate surface area is 161 Å². The molecule has 0 aromatic carbocycles. The molecule has 0 N–H and O–H groups in total. The average Bonchev–Trinajstić information content (AvgIpc) is 2.22. The van der Waals surface area contributed by atoms with Crippen LogP contribution < -0.4 is 29.6 Å². The first kappa shape index (κ1) is 26.2. The summed E-state index contributed by atoms with van der Waals surface area (Å²) in [5, 5.41) is 1.15. The third-order valence-electron chi connectivity index (χ3n) is 1.39. The molecule has 0 fully saturated rings.